The summed E-state index contributed by atoms with van der Waals surface area (Å²) in [6, 6.07) is 2.10. The molecule has 0 bridgehead atoms. The molecule has 5 heteroatoms. The summed E-state index contributed by atoms with van der Waals surface area (Å²) < 4.78 is 7.25. The van der Waals surface area contributed by atoms with Crippen molar-refractivity contribution in [3.63, 3.8) is 0 Å². The van der Waals surface area contributed by atoms with Crippen LogP contribution in [0.1, 0.15) is 44.0 Å². The van der Waals surface area contributed by atoms with Gasteiger partial charge in [0.05, 0.1) is 6.54 Å². The normalized spacial score (nSPS) is 11.3. The van der Waals surface area contributed by atoms with Gasteiger partial charge >= 0.3 is 0 Å². The highest BCUT2D eigenvalue weighted by Gasteiger charge is 2.10. The number of nitrogens with zero attached hydrogens (tertiary/aromatic N) is 3. The smallest absolute Gasteiger partial charge is 0.229 e. The Balaban J connectivity index is 1.97. The van der Waals surface area contributed by atoms with E-state index in [0.29, 0.717) is 12.4 Å². The van der Waals surface area contributed by atoms with Crippen molar-refractivity contribution >= 4 is 0 Å². The van der Waals surface area contributed by atoms with E-state index in [2.05, 4.69) is 39.2 Å². The Labute approximate surface area is 107 Å². The van der Waals surface area contributed by atoms with E-state index in [1.54, 1.807) is 0 Å². The highest BCUT2D eigenvalue weighted by molar-refractivity contribution is 5.10. The van der Waals surface area contributed by atoms with Crippen LogP contribution in [0.3, 0.4) is 0 Å². The van der Waals surface area contributed by atoms with Gasteiger partial charge in [0, 0.05) is 24.9 Å². The molecule has 0 unspecified atom stereocenters. The molecular weight excluding hydrogens is 228 g/mol. The van der Waals surface area contributed by atoms with Gasteiger partial charge in [-0.15, -0.1) is 0 Å². The minimum Gasteiger partial charge on any atom is -0.346 e. The molecule has 0 aromatic carbocycles. The van der Waals surface area contributed by atoms with Crippen molar-refractivity contribution in [2.24, 2.45) is 0 Å². The van der Waals surface area contributed by atoms with Gasteiger partial charge in [0.1, 0.15) is 0 Å². The second kappa shape index (κ2) is 5.82. The van der Waals surface area contributed by atoms with Crippen molar-refractivity contribution in [2.75, 3.05) is 6.54 Å². The minimum atomic E-state index is 0.278. The first-order valence-electron chi connectivity index (χ1n) is 6.37. The van der Waals surface area contributed by atoms with Gasteiger partial charge in [-0.05, 0) is 18.2 Å². The van der Waals surface area contributed by atoms with Gasteiger partial charge in [-0.25, -0.2) is 0 Å². The monoisotopic (exact) mass is 248 g/mol. The maximum absolute atomic E-state index is 5.18. The van der Waals surface area contributed by atoms with Gasteiger partial charge in [-0.3, -0.25) is 0 Å². The van der Waals surface area contributed by atoms with Gasteiger partial charge in [-0.2, -0.15) is 4.98 Å². The van der Waals surface area contributed by atoms with Crippen LogP contribution >= 0.6 is 0 Å². The van der Waals surface area contributed by atoms with Crippen LogP contribution in [0.4, 0.5) is 0 Å². The molecule has 98 valence electrons. The van der Waals surface area contributed by atoms with Gasteiger partial charge in [0.15, 0.2) is 5.82 Å². The lowest BCUT2D eigenvalue weighted by atomic mass is 10.2. The van der Waals surface area contributed by atoms with Crippen molar-refractivity contribution in [3.8, 4) is 0 Å². The third-order valence-corrected chi connectivity index (χ3v) is 2.69. The minimum absolute atomic E-state index is 0.278. The Bertz CT molecular complexity index is 487. The first-order chi connectivity index (χ1) is 8.69. The predicted octanol–water partition coefficient (Wildman–Crippen LogP) is 2.15. The molecule has 0 saturated heterocycles. The molecule has 0 saturated carbocycles. The summed E-state index contributed by atoms with van der Waals surface area (Å²) in [6.45, 7) is 8.72. The van der Waals surface area contributed by atoms with Crippen LogP contribution in [0.2, 0.25) is 0 Å². The van der Waals surface area contributed by atoms with Crippen LogP contribution < -0.4 is 5.32 Å². The van der Waals surface area contributed by atoms with Gasteiger partial charge < -0.3 is 14.4 Å². The summed E-state index contributed by atoms with van der Waals surface area (Å²) >= 11 is 0. The van der Waals surface area contributed by atoms with Crippen molar-refractivity contribution in [1.29, 1.82) is 0 Å². The highest BCUT2D eigenvalue weighted by Crippen LogP contribution is 2.11. The lowest BCUT2D eigenvalue weighted by Gasteiger charge is -1.98. The van der Waals surface area contributed by atoms with E-state index in [0.717, 1.165) is 18.9 Å². The zero-order chi connectivity index (χ0) is 13.0. The fraction of sp³-hybridized carbons (Fsp3) is 0.538. The topological polar surface area (TPSA) is 55.9 Å². The fourth-order valence-electron chi connectivity index (χ4n) is 1.69. The van der Waals surface area contributed by atoms with E-state index in [1.165, 1.54) is 5.56 Å². The molecule has 0 spiro atoms. The largest absolute Gasteiger partial charge is 0.346 e. The number of hydrogen-bond donors (Lipinski definition) is 1. The van der Waals surface area contributed by atoms with E-state index in [9.17, 15) is 0 Å². The molecule has 0 amide bonds. The molecular formula is C13H20N4O. The summed E-state index contributed by atoms with van der Waals surface area (Å²) in [5.74, 6) is 1.70. The van der Waals surface area contributed by atoms with E-state index in [-0.39, 0.29) is 5.92 Å². The van der Waals surface area contributed by atoms with Crippen LogP contribution in [0, 0.1) is 0 Å². The average Bonchev–Trinajstić information content (AvgIpc) is 2.96. The molecule has 0 radical (unpaired) electrons. The zero-order valence-electron chi connectivity index (χ0n) is 11.2. The van der Waals surface area contributed by atoms with Crippen molar-refractivity contribution < 1.29 is 4.52 Å². The van der Waals surface area contributed by atoms with Crippen LogP contribution in [0.15, 0.2) is 23.0 Å². The third kappa shape index (κ3) is 3.20. The Morgan fingerprint density at radius 3 is 2.94 bits per heavy atom. The molecule has 1 N–H and O–H groups in total. The van der Waals surface area contributed by atoms with Crippen molar-refractivity contribution in [1.82, 2.24) is 20.0 Å². The first kappa shape index (κ1) is 12.8. The molecule has 5 nitrogen and oxygen atoms in total. The van der Waals surface area contributed by atoms with Crippen molar-refractivity contribution in [2.45, 2.75) is 39.8 Å². The van der Waals surface area contributed by atoms with E-state index >= 15 is 0 Å². The molecule has 2 rings (SSSR count). The molecule has 18 heavy (non-hydrogen) atoms. The summed E-state index contributed by atoms with van der Waals surface area (Å²) in [5, 5.41) is 7.28. The average molecular weight is 248 g/mol. The highest BCUT2D eigenvalue weighted by atomic mass is 16.5. The number of rotatable bonds is 6. The van der Waals surface area contributed by atoms with Crippen LogP contribution in [-0.2, 0) is 13.1 Å². The Morgan fingerprint density at radius 1 is 1.44 bits per heavy atom. The van der Waals surface area contributed by atoms with E-state index in [4.69, 9.17) is 4.52 Å². The number of hydrogen-bond acceptors (Lipinski definition) is 4. The number of nitrogens with one attached hydrogen (secondary N) is 1. The van der Waals surface area contributed by atoms with E-state index < -0.39 is 0 Å². The number of aromatic nitrogens is 3. The maximum atomic E-state index is 5.18. The quantitative estimate of drug-likeness (QED) is 0.851. The van der Waals surface area contributed by atoms with Gasteiger partial charge in [0.2, 0.25) is 5.89 Å². The summed E-state index contributed by atoms with van der Waals surface area (Å²) in [6.07, 6.45) is 4.14. The Morgan fingerprint density at radius 2 is 2.28 bits per heavy atom. The second-order valence-electron chi connectivity index (χ2n) is 4.68. The molecule has 0 aliphatic rings. The molecule has 2 aromatic rings. The summed E-state index contributed by atoms with van der Waals surface area (Å²) in [4.78, 5) is 4.36. The SMILES string of the molecule is CCNCc1ccn(Cc2noc(C(C)C)n2)c1. The van der Waals surface area contributed by atoms with Crippen molar-refractivity contribution in [3.05, 3.63) is 35.7 Å². The molecule has 2 heterocycles. The van der Waals surface area contributed by atoms with Crippen LogP contribution in [0.5, 0.6) is 0 Å². The molecule has 0 atom stereocenters. The standard InChI is InChI=1S/C13H20N4O/c1-4-14-7-11-5-6-17(8-11)9-12-15-13(10(2)3)18-16-12/h5-6,8,10,14H,4,7,9H2,1-3H3. The Kier molecular flexibility index (Phi) is 4.15. The lowest BCUT2D eigenvalue weighted by molar-refractivity contribution is 0.360. The Hall–Kier alpha value is -1.62. The second-order valence-corrected chi connectivity index (χ2v) is 4.68. The summed E-state index contributed by atoms with van der Waals surface area (Å²) in [7, 11) is 0. The fourth-order valence-corrected chi connectivity index (χ4v) is 1.69. The first-order valence-corrected chi connectivity index (χ1v) is 6.37. The molecule has 0 aliphatic carbocycles. The maximum Gasteiger partial charge on any atom is 0.229 e. The third-order valence-electron chi connectivity index (χ3n) is 2.69. The molecule has 2 aromatic heterocycles. The van der Waals surface area contributed by atoms with Gasteiger partial charge in [0.25, 0.3) is 0 Å². The van der Waals surface area contributed by atoms with Gasteiger partial charge in [-0.1, -0.05) is 25.9 Å². The zero-order valence-corrected chi connectivity index (χ0v) is 11.2. The predicted molar refractivity (Wildman–Crippen MR) is 69.3 cm³/mol. The van der Waals surface area contributed by atoms with E-state index in [1.807, 2.05) is 20.0 Å². The summed E-state index contributed by atoms with van der Waals surface area (Å²) in [5.41, 5.74) is 1.27. The molecule has 0 fully saturated rings. The van der Waals surface area contributed by atoms with Crippen LogP contribution in [0.25, 0.3) is 0 Å². The van der Waals surface area contributed by atoms with Crippen LogP contribution in [-0.4, -0.2) is 21.3 Å². The lowest BCUT2D eigenvalue weighted by Crippen LogP contribution is -2.11. The molecule has 0 aliphatic heterocycles.